The molecule has 0 saturated carbocycles. The molecule has 12 heteroatoms. The summed E-state index contributed by atoms with van der Waals surface area (Å²) in [5, 5.41) is 1.88. The number of benzene rings is 2. The van der Waals surface area contributed by atoms with E-state index in [4.69, 9.17) is 33.7 Å². The average molecular weight is 499 g/mol. The summed E-state index contributed by atoms with van der Waals surface area (Å²) in [6.07, 6.45) is -3.36. The van der Waals surface area contributed by atoms with Crippen molar-refractivity contribution < 1.29 is 27.5 Å². The lowest BCUT2D eigenvalue weighted by atomic mass is 10.1. The second-order valence-electron chi connectivity index (χ2n) is 6.51. The molecule has 172 valence electrons. The van der Waals surface area contributed by atoms with Gasteiger partial charge in [0.15, 0.2) is 0 Å². The highest BCUT2D eigenvalue weighted by Crippen LogP contribution is 2.40. The van der Waals surface area contributed by atoms with E-state index in [1.807, 2.05) is 0 Å². The van der Waals surface area contributed by atoms with Crippen LogP contribution in [-0.4, -0.2) is 24.0 Å². The molecule has 0 bridgehead atoms. The Bertz CT molecular complexity index is 1220. The van der Waals surface area contributed by atoms with Crippen molar-refractivity contribution in [3.8, 4) is 11.5 Å². The predicted octanol–water partition coefficient (Wildman–Crippen LogP) is 5.78. The van der Waals surface area contributed by atoms with E-state index in [9.17, 15) is 22.8 Å². The van der Waals surface area contributed by atoms with Gasteiger partial charge >= 0.3 is 12.2 Å². The van der Waals surface area contributed by atoms with E-state index in [2.05, 4.69) is 10.3 Å². The van der Waals surface area contributed by atoms with Gasteiger partial charge in [-0.15, -0.1) is 0 Å². The number of pyridine rings is 1. The standard InChI is InChI=1S/C21H15Cl2F3N4O3/c1-28-19(31)17-10-13(6-7-29-17)33-12-3-5-18(16(23)9-12)30(20(27)32)11-2-4-15(22)14(8-11)21(24,25)26/h2-10H,1H3,(H2,27,32)(H,28,31). The number of primary amides is 1. The van der Waals surface area contributed by atoms with Gasteiger partial charge in [0, 0.05) is 25.4 Å². The minimum Gasteiger partial charge on any atom is -0.457 e. The average Bonchev–Trinajstić information content (AvgIpc) is 2.75. The van der Waals surface area contributed by atoms with E-state index in [1.165, 1.54) is 49.6 Å². The number of nitrogens with one attached hydrogen (secondary N) is 1. The Morgan fingerprint density at radius 2 is 1.73 bits per heavy atom. The van der Waals surface area contributed by atoms with Crippen LogP contribution in [0.3, 0.4) is 0 Å². The van der Waals surface area contributed by atoms with Gasteiger partial charge in [0.25, 0.3) is 5.91 Å². The normalized spacial score (nSPS) is 11.1. The zero-order chi connectivity index (χ0) is 24.3. The topological polar surface area (TPSA) is 97.5 Å². The number of nitrogens with zero attached hydrogens (tertiary/aromatic N) is 2. The summed E-state index contributed by atoms with van der Waals surface area (Å²) in [6, 6.07) is 8.89. The van der Waals surface area contributed by atoms with E-state index in [0.29, 0.717) is 6.07 Å². The molecular weight excluding hydrogens is 484 g/mol. The third kappa shape index (κ3) is 5.47. The van der Waals surface area contributed by atoms with Crippen molar-refractivity contribution in [2.24, 2.45) is 5.73 Å². The van der Waals surface area contributed by atoms with Gasteiger partial charge < -0.3 is 15.8 Å². The second kappa shape index (κ2) is 9.55. The number of anilines is 2. The highest BCUT2D eigenvalue weighted by atomic mass is 35.5. The number of halogens is 5. The second-order valence-corrected chi connectivity index (χ2v) is 7.32. The van der Waals surface area contributed by atoms with Gasteiger partial charge in [-0.25, -0.2) is 4.79 Å². The fraction of sp³-hybridized carbons (Fsp3) is 0.0952. The van der Waals surface area contributed by atoms with E-state index in [1.54, 1.807) is 0 Å². The van der Waals surface area contributed by atoms with Crippen molar-refractivity contribution in [1.29, 1.82) is 0 Å². The number of alkyl halides is 3. The molecule has 1 aromatic heterocycles. The molecule has 0 fully saturated rings. The molecule has 0 radical (unpaired) electrons. The quantitative estimate of drug-likeness (QED) is 0.466. The molecule has 1 heterocycles. The molecule has 3 amide bonds. The lowest BCUT2D eigenvalue weighted by molar-refractivity contribution is -0.137. The van der Waals surface area contributed by atoms with Crippen LogP contribution < -0.4 is 20.7 Å². The zero-order valence-electron chi connectivity index (χ0n) is 16.8. The molecule has 0 aliphatic heterocycles. The Balaban J connectivity index is 1.95. The monoisotopic (exact) mass is 498 g/mol. The Hall–Kier alpha value is -3.50. The lowest BCUT2D eigenvalue weighted by Crippen LogP contribution is -2.31. The number of carbonyl (C=O) groups excluding carboxylic acids is 2. The maximum atomic E-state index is 13.2. The third-order valence-corrected chi connectivity index (χ3v) is 4.95. The number of aromatic nitrogens is 1. The van der Waals surface area contributed by atoms with Gasteiger partial charge in [-0.05, 0) is 36.4 Å². The van der Waals surface area contributed by atoms with E-state index in [-0.39, 0.29) is 33.6 Å². The number of rotatable bonds is 5. The Morgan fingerprint density at radius 1 is 1.03 bits per heavy atom. The van der Waals surface area contributed by atoms with Crippen LogP contribution in [0.5, 0.6) is 11.5 Å². The molecular formula is C21H15Cl2F3N4O3. The van der Waals surface area contributed by atoms with Gasteiger partial charge in [0.05, 0.1) is 27.0 Å². The summed E-state index contributed by atoms with van der Waals surface area (Å²) in [6.45, 7) is 0. The van der Waals surface area contributed by atoms with Crippen LogP contribution in [0.25, 0.3) is 0 Å². The Labute approximate surface area is 195 Å². The first-order valence-corrected chi connectivity index (χ1v) is 9.88. The van der Waals surface area contributed by atoms with Gasteiger partial charge in [-0.1, -0.05) is 23.2 Å². The summed E-state index contributed by atoms with van der Waals surface area (Å²) < 4.78 is 45.4. The summed E-state index contributed by atoms with van der Waals surface area (Å²) in [4.78, 5) is 28.6. The molecule has 0 aliphatic carbocycles. The molecule has 33 heavy (non-hydrogen) atoms. The largest absolute Gasteiger partial charge is 0.457 e. The van der Waals surface area contributed by atoms with Crippen LogP contribution >= 0.6 is 23.2 Å². The van der Waals surface area contributed by atoms with Crippen molar-refractivity contribution in [1.82, 2.24) is 10.3 Å². The maximum Gasteiger partial charge on any atom is 0.417 e. The summed E-state index contributed by atoms with van der Waals surface area (Å²) in [7, 11) is 1.46. The van der Waals surface area contributed by atoms with E-state index >= 15 is 0 Å². The molecule has 7 nitrogen and oxygen atoms in total. The number of hydrogen-bond donors (Lipinski definition) is 2. The van der Waals surface area contributed by atoms with Crippen molar-refractivity contribution in [2.75, 3.05) is 11.9 Å². The van der Waals surface area contributed by atoms with Gasteiger partial charge in [0.2, 0.25) is 0 Å². The molecule has 0 spiro atoms. The van der Waals surface area contributed by atoms with Gasteiger partial charge in [-0.3, -0.25) is 14.7 Å². The Morgan fingerprint density at radius 3 is 2.33 bits per heavy atom. The molecule has 0 atom stereocenters. The third-order valence-electron chi connectivity index (χ3n) is 4.32. The first kappa shape index (κ1) is 24.1. The van der Waals surface area contributed by atoms with Crippen LogP contribution in [0.4, 0.5) is 29.3 Å². The van der Waals surface area contributed by atoms with Crippen molar-refractivity contribution in [2.45, 2.75) is 6.18 Å². The fourth-order valence-electron chi connectivity index (χ4n) is 2.85. The van der Waals surface area contributed by atoms with E-state index in [0.717, 1.165) is 11.0 Å². The van der Waals surface area contributed by atoms with Gasteiger partial charge in [0.1, 0.15) is 17.2 Å². The molecule has 3 N–H and O–H groups in total. The highest BCUT2D eigenvalue weighted by molar-refractivity contribution is 6.34. The van der Waals surface area contributed by atoms with E-state index < -0.39 is 28.7 Å². The molecule has 0 saturated heterocycles. The number of ether oxygens (including phenoxy) is 1. The maximum absolute atomic E-state index is 13.2. The van der Waals surface area contributed by atoms with Crippen molar-refractivity contribution >= 4 is 46.5 Å². The van der Waals surface area contributed by atoms with Crippen LogP contribution in [-0.2, 0) is 6.18 Å². The SMILES string of the molecule is CNC(=O)c1cc(Oc2ccc(N(C(N)=O)c3ccc(Cl)c(C(F)(F)F)c3)c(Cl)c2)ccn1. The van der Waals surface area contributed by atoms with Crippen molar-refractivity contribution in [3.63, 3.8) is 0 Å². The molecule has 3 rings (SSSR count). The molecule has 0 aliphatic rings. The van der Waals surface area contributed by atoms with Crippen LogP contribution in [0, 0.1) is 0 Å². The zero-order valence-corrected chi connectivity index (χ0v) is 18.3. The van der Waals surface area contributed by atoms with Crippen molar-refractivity contribution in [3.05, 3.63) is 76.0 Å². The number of amides is 3. The first-order valence-electron chi connectivity index (χ1n) is 9.13. The van der Waals surface area contributed by atoms with Crippen LogP contribution in [0.1, 0.15) is 16.1 Å². The fourth-order valence-corrected chi connectivity index (χ4v) is 3.33. The Kier molecular flexibility index (Phi) is 6.99. The summed E-state index contributed by atoms with van der Waals surface area (Å²) in [5.74, 6) is 0.105. The summed E-state index contributed by atoms with van der Waals surface area (Å²) in [5.41, 5.74) is 4.26. The number of nitrogens with two attached hydrogens (primary N) is 1. The number of urea groups is 1. The molecule has 2 aromatic carbocycles. The summed E-state index contributed by atoms with van der Waals surface area (Å²) >= 11 is 11.9. The van der Waals surface area contributed by atoms with Crippen LogP contribution in [0.15, 0.2) is 54.7 Å². The molecule has 0 unspecified atom stereocenters. The number of carbonyl (C=O) groups is 2. The lowest BCUT2D eigenvalue weighted by Gasteiger charge is -2.23. The first-order chi connectivity index (χ1) is 15.5. The van der Waals surface area contributed by atoms with Gasteiger partial charge in [-0.2, -0.15) is 13.2 Å². The minimum absolute atomic E-state index is 0.0211. The van der Waals surface area contributed by atoms with Crippen LogP contribution in [0.2, 0.25) is 10.0 Å². The smallest absolute Gasteiger partial charge is 0.417 e. The highest BCUT2D eigenvalue weighted by Gasteiger charge is 2.34. The molecule has 3 aromatic rings. The predicted molar refractivity (Wildman–Crippen MR) is 117 cm³/mol. The minimum atomic E-state index is -4.74. The number of hydrogen-bond acceptors (Lipinski definition) is 4.